The molecule has 4 atom stereocenters. The molecule has 0 radical (unpaired) electrons. The van der Waals surface area contributed by atoms with Gasteiger partial charge in [0.2, 0.25) is 5.91 Å². The van der Waals surface area contributed by atoms with Gasteiger partial charge in [-0.1, -0.05) is 78.4 Å². The molecule has 1 aromatic rings. The summed E-state index contributed by atoms with van der Waals surface area (Å²) in [5.74, 6) is 0.759. The van der Waals surface area contributed by atoms with Crippen molar-refractivity contribution < 1.29 is 9.90 Å². The van der Waals surface area contributed by atoms with Gasteiger partial charge in [-0.25, -0.2) is 0 Å². The maximum Gasteiger partial charge on any atom is 0.237 e. The first-order valence-corrected chi connectivity index (χ1v) is 12.0. The van der Waals surface area contributed by atoms with Gasteiger partial charge < -0.3 is 21.5 Å². The van der Waals surface area contributed by atoms with Gasteiger partial charge in [0.1, 0.15) is 5.75 Å². The molecule has 0 spiro atoms. The lowest BCUT2D eigenvalue weighted by molar-refractivity contribution is -0.123. The normalized spacial score (nSPS) is 14.4. The van der Waals surface area contributed by atoms with Gasteiger partial charge in [0.25, 0.3) is 0 Å². The largest absolute Gasteiger partial charge is 0.508 e. The Kier molecular flexibility index (Phi) is 20.2. The quantitative estimate of drug-likeness (QED) is 0.234. The molecule has 0 aliphatic rings. The molecule has 0 aromatic heterocycles. The molecule has 5 N–H and O–H groups in total. The number of phenols is 1. The van der Waals surface area contributed by atoms with Crippen molar-refractivity contribution in [1.82, 2.24) is 10.6 Å². The van der Waals surface area contributed by atoms with E-state index >= 15 is 0 Å². The van der Waals surface area contributed by atoms with E-state index in [2.05, 4.69) is 38.3 Å². The molecule has 0 saturated heterocycles. The van der Waals surface area contributed by atoms with Crippen molar-refractivity contribution >= 4 is 30.7 Å². The number of phenolic OH excluding ortho intramolecular Hbond substituents is 1. The second-order valence-electron chi connectivity index (χ2n) is 8.73. The lowest BCUT2D eigenvalue weighted by Crippen LogP contribution is -2.52. The summed E-state index contributed by atoms with van der Waals surface area (Å²) in [4.78, 5) is 13.1. The molecule has 7 heteroatoms. The first kappa shape index (κ1) is 33.2. The van der Waals surface area contributed by atoms with E-state index in [0.717, 1.165) is 37.7 Å². The Morgan fingerprint density at radius 2 is 1.62 bits per heavy atom. The third-order valence-corrected chi connectivity index (χ3v) is 6.02. The van der Waals surface area contributed by atoms with Crippen molar-refractivity contribution in [2.24, 2.45) is 11.7 Å². The minimum absolute atomic E-state index is 0. The number of rotatable bonds is 16. The van der Waals surface area contributed by atoms with Gasteiger partial charge in [0.15, 0.2) is 0 Å². The van der Waals surface area contributed by atoms with Crippen LogP contribution in [-0.2, 0) is 11.2 Å². The van der Waals surface area contributed by atoms with Crippen molar-refractivity contribution in [1.29, 1.82) is 0 Å². The van der Waals surface area contributed by atoms with Crippen molar-refractivity contribution in [3.8, 4) is 5.75 Å². The number of carbonyl (C=O) groups excluding carboxylic acids is 1. The van der Waals surface area contributed by atoms with Gasteiger partial charge in [0, 0.05) is 18.6 Å². The highest BCUT2D eigenvalue weighted by atomic mass is 35.5. The highest BCUT2D eigenvalue weighted by molar-refractivity contribution is 5.85. The first-order valence-electron chi connectivity index (χ1n) is 12.0. The summed E-state index contributed by atoms with van der Waals surface area (Å²) in [7, 11) is 0. The Labute approximate surface area is 208 Å². The molecule has 0 fully saturated rings. The van der Waals surface area contributed by atoms with Crippen LogP contribution in [-0.4, -0.2) is 35.7 Å². The third kappa shape index (κ3) is 13.5. The number of amides is 1. The van der Waals surface area contributed by atoms with E-state index in [9.17, 15) is 9.90 Å². The van der Waals surface area contributed by atoms with E-state index in [0.29, 0.717) is 24.9 Å². The number of hydrogen-bond donors (Lipinski definition) is 4. The maximum atomic E-state index is 13.1. The molecule has 188 valence electrons. The number of aromatic hydroxyl groups is 1. The van der Waals surface area contributed by atoms with Crippen molar-refractivity contribution in [2.75, 3.05) is 6.54 Å². The van der Waals surface area contributed by atoms with E-state index in [-0.39, 0.29) is 48.6 Å². The molecule has 0 bridgehead atoms. The van der Waals surface area contributed by atoms with E-state index in [1.54, 1.807) is 12.1 Å². The topological polar surface area (TPSA) is 87.4 Å². The average Bonchev–Trinajstić information content (AvgIpc) is 2.75. The Morgan fingerprint density at radius 1 is 1.00 bits per heavy atom. The third-order valence-electron chi connectivity index (χ3n) is 6.02. The molecule has 0 unspecified atom stereocenters. The smallest absolute Gasteiger partial charge is 0.237 e. The van der Waals surface area contributed by atoms with Gasteiger partial charge in [-0.2, -0.15) is 0 Å². The number of hydrogen-bond acceptors (Lipinski definition) is 4. The lowest BCUT2D eigenvalue weighted by Gasteiger charge is -2.30. The first-order chi connectivity index (χ1) is 14.4. The predicted molar refractivity (Wildman–Crippen MR) is 141 cm³/mol. The van der Waals surface area contributed by atoms with Crippen LogP contribution >= 0.6 is 24.8 Å². The molecule has 1 aromatic carbocycles. The number of nitrogens with two attached hydrogens (primary N) is 1. The molecular weight excluding hydrogens is 445 g/mol. The molecule has 0 aliphatic heterocycles. The fraction of sp³-hybridized carbons (Fsp3) is 0.720. The molecule has 32 heavy (non-hydrogen) atoms. The number of halogens is 2. The highest BCUT2D eigenvalue weighted by Gasteiger charge is 2.25. The minimum Gasteiger partial charge on any atom is -0.508 e. The van der Waals surface area contributed by atoms with Gasteiger partial charge in [0.05, 0.1) is 6.04 Å². The fourth-order valence-corrected chi connectivity index (χ4v) is 3.71. The Balaban J connectivity index is 0. The van der Waals surface area contributed by atoms with Crippen LogP contribution in [0.15, 0.2) is 24.3 Å². The SMILES string of the molecule is CCCCC[C@@H](N[C@@H](Cc1ccc(O)cc1)C(=O)NC[C@@H](N)CCCC)[C@@H](C)CC.Cl.Cl. The predicted octanol–water partition coefficient (Wildman–Crippen LogP) is 5.37. The van der Waals surface area contributed by atoms with Gasteiger partial charge >= 0.3 is 0 Å². The van der Waals surface area contributed by atoms with Crippen LogP contribution in [0.5, 0.6) is 5.75 Å². The van der Waals surface area contributed by atoms with Crippen molar-refractivity contribution in [2.45, 2.75) is 104 Å². The van der Waals surface area contributed by atoms with Gasteiger partial charge in [-0.15, -0.1) is 24.8 Å². The number of benzene rings is 1. The molecule has 0 saturated carbocycles. The van der Waals surface area contributed by atoms with E-state index < -0.39 is 0 Å². The molecule has 1 amide bonds. The monoisotopic (exact) mass is 491 g/mol. The molecule has 0 heterocycles. The summed E-state index contributed by atoms with van der Waals surface area (Å²) in [6.45, 7) is 9.35. The van der Waals surface area contributed by atoms with Crippen LogP contribution in [0.25, 0.3) is 0 Å². The zero-order chi connectivity index (χ0) is 22.4. The second kappa shape index (κ2) is 19.5. The maximum absolute atomic E-state index is 13.1. The van der Waals surface area contributed by atoms with Crippen LogP contribution in [0.4, 0.5) is 0 Å². The summed E-state index contributed by atoms with van der Waals surface area (Å²) in [6.07, 6.45) is 9.47. The van der Waals surface area contributed by atoms with E-state index in [1.165, 1.54) is 19.3 Å². The number of nitrogens with one attached hydrogen (secondary N) is 2. The standard InChI is InChI=1S/C25H45N3O2.2ClH/c1-5-8-10-12-23(19(4)7-3)28-24(17-20-13-15-22(29)16-14-20)25(30)27-18-21(26)11-9-6-2;;/h13-16,19,21,23-24,28-29H,5-12,17-18,26H2,1-4H3,(H,27,30);2*1H/t19-,21-,23+,24-;;/m0../s1. The molecule has 1 rings (SSSR count). The van der Waals surface area contributed by atoms with Crippen LogP contribution in [0, 0.1) is 5.92 Å². The van der Waals surface area contributed by atoms with E-state index in [1.807, 2.05) is 12.1 Å². The Morgan fingerprint density at radius 3 is 2.19 bits per heavy atom. The fourth-order valence-electron chi connectivity index (χ4n) is 3.71. The van der Waals surface area contributed by atoms with Crippen molar-refractivity contribution in [3.63, 3.8) is 0 Å². The average molecular weight is 493 g/mol. The highest BCUT2D eigenvalue weighted by Crippen LogP contribution is 2.17. The van der Waals surface area contributed by atoms with Crippen LogP contribution < -0.4 is 16.4 Å². The molecular formula is C25H47Cl2N3O2. The Hall–Kier alpha value is -1.01. The zero-order valence-electron chi connectivity index (χ0n) is 20.4. The number of carbonyl (C=O) groups is 1. The molecule has 5 nitrogen and oxygen atoms in total. The Bertz CT molecular complexity index is 587. The van der Waals surface area contributed by atoms with Gasteiger partial charge in [-0.05, 0) is 42.9 Å². The summed E-state index contributed by atoms with van der Waals surface area (Å²) in [6, 6.07) is 7.13. The van der Waals surface area contributed by atoms with Crippen molar-refractivity contribution in [3.05, 3.63) is 29.8 Å². The summed E-state index contributed by atoms with van der Waals surface area (Å²) in [5, 5.41) is 16.3. The van der Waals surface area contributed by atoms with Gasteiger partial charge in [-0.3, -0.25) is 4.79 Å². The second-order valence-corrected chi connectivity index (χ2v) is 8.73. The lowest BCUT2D eigenvalue weighted by atomic mass is 9.92. The van der Waals surface area contributed by atoms with Crippen LogP contribution in [0.1, 0.15) is 84.6 Å². The summed E-state index contributed by atoms with van der Waals surface area (Å²) >= 11 is 0. The van der Waals surface area contributed by atoms with Crippen LogP contribution in [0.3, 0.4) is 0 Å². The number of unbranched alkanes of at least 4 members (excludes halogenated alkanes) is 3. The van der Waals surface area contributed by atoms with E-state index in [4.69, 9.17) is 5.73 Å². The zero-order valence-corrected chi connectivity index (χ0v) is 22.1. The summed E-state index contributed by atoms with van der Waals surface area (Å²) in [5.41, 5.74) is 7.20. The molecule has 0 aliphatic carbocycles. The van der Waals surface area contributed by atoms with Crippen LogP contribution in [0.2, 0.25) is 0 Å². The summed E-state index contributed by atoms with van der Waals surface area (Å²) < 4.78 is 0. The minimum atomic E-state index is -0.312.